The van der Waals surface area contributed by atoms with Gasteiger partial charge in [-0.1, -0.05) is 18.2 Å². The summed E-state index contributed by atoms with van der Waals surface area (Å²) in [6, 6.07) is 17.2. The molecule has 4 rings (SSSR count). The number of carbonyl (C=O) groups excluding carboxylic acids is 4. The number of nitrogens with one attached hydrogen (secondary N) is 3. The number of nitrogen functional groups attached to an aromatic ring is 2. The fourth-order valence-corrected chi connectivity index (χ4v) is 4.83. The van der Waals surface area contributed by atoms with E-state index in [-0.39, 0.29) is 77.1 Å². The Labute approximate surface area is 335 Å². The number of hydrogen-bond donors (Lipinski definition) is 6. The SMILES string of the molecule is CNCC(=O)Nc1ccc(/N=N/c2ccccc2OC(=O)CCN(C)Cc2ccc(OC(=O)CCN(C)C)c(/N=N/c3ccc(NC(=O)[C@H](C)N)nc3N)c2)c(N)n1. The molecule has 0 spiro atoms. The van der Waals surface area contributed by atoms with Crippen LogP contribution in [0.4, 0.5) is 46.0 Å². The summed E-state index contributed by atoms with van der Waals surface area (Å²) in [5.41, 5.74) is 19.5. The van der Waals surface area contributed by atoms with Gasteiger partial charge < -0.3 is 52.4 Å². The summed E-state index contributed by atoms with van der Waals surface area (Å²) < 4.78 is 11.3. The molecule has 20 nitrogen and oxygen atoms in total. The monoisotopic (exact) mass is 796 g/mol. The van der Waals surface area contributed by atoms with Crippen LogP contribution in [0.2, 0.25) is 0 Å². The minimum Gasteiger partial charge on any atom is -0.424 e. The lowest BCUT2D eigenvalue weighted by molar-refractivity contribution is -0.135. The predicted molar refractivity (Wildman–Crippen MR) is 219 cm³/mol. The lowest BCUT2D eigenvalue weighted by Crippen LogP contribution is -2.32. The molecule has 2 heterocycles. The summed E-state index contributed by atoms with van der Waals surface area (Å²) in [5.74, 6) is -0.740. The van der Waals surface area contributed by atoms with Gasteiger partial charge in [0.1, 0.15) is 34.4 Å². The highest BCUT2D eigenvalue weighted by atomic mass is 16.5. The first-order valence-corrected chi connectivity index (χ1v) is 18.0. The molecule has 0 aliphatic rings. The molecule has 1 atom stereocenters. The number of esters is 2. The fraction of sp³-hybridized carbons (Fsp3) is 0.316. The number of amides is 2. The van der Waals surface area contributed by atoms with Crippen LogP contribution in [0.1, 0.15) is 25.3 Å². The number of azo groups is 2. The number of rotatable bonds is 19. The molecule has 0 unspecified atom stereocenters. The highest BCUT2D eigenvalue weighted by molar-refractivity contribution is 5.94. The number of hydrogen-bond acceptors (Lipinski definition) is 18. The Kier molecular flexibility index (Phi) is 16.3. The van der Waals surface area contributed by atoms with Crippen LogP contribution in [0.3, 0.4) is 0 Å². The van der Waals surface area contributed by atoms with Crippen LogP contribution in [0.25, 0.3) is 0 Å². The van der Waals surface area contributed by atoms with Gasteiger partial charge in [-0.15, -0.1) is 20.5 Å². The van der Waals surface area contributed by atoms with Crippen LogP contribution in [0.5, 0.6) is 11.5 Å². The van der Waals surface area contributed by atoms with E-state index in [1.165, 1.54) is 12.1 Å². The largest absolute Gasteiger partial charge is 0.424 e. The number of carbonyl (C=O) groups is 4. The molecule has 20 heteroatoms. The second-order valence-electron chi connectivity index (χ2n) is 13.2. The highest BCUT2D eigenvalue weighted by Gasteiger charge is 2.16. The van der Waals surface area contributed by atoms with Crippen LogP contribution in [0.15, 0.2) is 87.2 Å². The molecular formula is C38H48N14O6. The van der Waals surface area contributed by atoms with Crippen molar-refractivity contribution < 1.29 is 28.7 Å². The van der Waals surface area contributed by atoms with Gasteiger partial charge >= 0.3 is 11.9 Å². The molecule has 0 fully saturated rings. The summed E-state index contributed by atoms with van der Waals surface area (Å²) in [5, 5.41) is 24.9. The molecule has 9 N–H and O–H groups in total. The highest BCUT2D eigenvalue weighted by Crippen LogP contribution is 2.33. The van der Waals surface area contributed by atoms with E-state index >= 15 is 0 Å². The van der Waals surface area contributed by atoms with E-state index in [0.29, 0.717) is 25.3 Å². The van der Waals surface area contributed by atoms with Gasteiger partial charge in [0.25, 0.3) is 0 Å². The summed E-state index contributed by atoms with van der Waals surface area (Å²) in [6.07, 6.45) is 0.198. The molecule has 0 aliphatic carbocycles. The standard InChI is InChI=1S/C38H48N14O6/c1-23(39)38(56)46-32-15-12-27(37(41)45-32)49-50-28-20-24(10-13-30(28)58-34(54)16-18-51(3)4)22-52(5)19-17-35(55)57-29-9-7-6-8-25(29)47-48-26-11-14-31(44-36(26)40)43-33(53)21-42-2/h6-15,20,23,42H,16-19,21-22,39H2,1-5H3,(H3,40,43,44,53)(H3,41,45,46,56)/b48-47+,50-49+/t23-/m0/s1. The van der Waals surface area contributed by atoms with E-state index in [4.69, 9.17) is 26.7 Å². The van der Waals surface area contributed by atoms with E-state index in [1.807, 2.05) is 30.9 Å². The van der Waals surface area contributed by atoms with E-state index < -0.39 is 23.9 Å². The molecule has 2 aromatic heterocycles. The topological polar surface area (TPSA) is 283 Å². The van der Waals surface area contributed by atoms with Gasteiger partial charge in [0.15, 0.2) is 23.1 Å². The van der Waals surface area contributed by atoms with Gasteiger partial charge in [0.2, 0.25) is 11.8 Å². The van der Waals surface area contributed by atoms with Crippen molar-refractivity contribution in [3.8, 4) is 11.5 Å². The van der Waals surface area contributed by atoms with E-state index in [9.17, 15) is 19.2 Å². The minimum atomic E-state index is -0.741. The van der Waals surface area contributed by atoms with Crippen molar-refractivity contribution >= 4 is 69.8 Å². The van der Waals surface area contributed by atoms with Crippen molar-refractivity contribution in [2.24, 2.45) is 26.2 Å². The van der Waals surface area contributed by atoms with Gasteiger partial charge in [-0.25, -0.2) is 9.97 Å². The van der Waals surface area contributed by atoms with Gasteiger partial charge in [-0.2, -0.15) is 0 Å². The molecule has 306 valence electrons. The lowest BCUT2D eigenvalue weighted by atomic mass is 10.1. The first-order valence-electron chi connectivity index (χ1n) is 18.0. The third kappa shape index (κ3) is 14.1. The van der Waals surface area contributed by atoms with Crippen molar-refractivity contribution in [1.29, 1.82) is 0 Å². The Hall–Kier alpha value is -6.74. The average Bonchev–Trinajstić information content (AvgIpc) is 3.17. The quantitative estimate of drug-likeness (QED) is 0.0441. The average molecular weight is 797 g/mol. The smallest absolute Gasteiger partial charge is 0.312 e. The molecule has 58 heavy (non-hydrogen) atoms. The van der Waals surface area contributed by atoms with E-state index in [0.717, 1.165) is 5.56 Å². The number of aromatic nitrogens is 2. The lowest BCUT2D eigenvalue weighted by Gasteiger charge is -2.17. The fourth-order valence-electron chi connectivity index (χ4n) is 4.83. The minimum absolute atomic E-state index is 0.00436. The molecule has 4 aromatic rings. The first kappa shape index (κ1) is 44.0. The van der Waals surface area contributed by atoms with Gasteiger partial charge in [-0.3, -0.25) is 19.2 Å². The van der Waals surface area contributed by atoms with Crippen molar-refractivity contribution in [2.45, 2.75) is 32.4 Å². The molecule has 0 saturated heterocycles. The van der Waals surface area contributed by atoms with Crippen LogP contribution in [-0.2, 0) is 25.7 Å². The summed E-state index contributed by atoms with van der Waals surface area (Å²) >= 11 is 0. The van der Waals surface area contributed by atoms with Crippen LogP contribution >= 0.6 is 0 Å². The molecule has 0 bridgehead atoms. The Bertz CT molecular complexity index is 2140. The van der Waals surface area contributed by atoms with Crippen LogP contribution in [0, 0.1) is 0 Å². The zero-order valence-electron chi connectivity index (χ0n) is 32.9. The third-order valence-corrected chi connectivity index (χ3v) is 7.85. The van der Waals surface area contributed by atoms with Crippen molar-refractivity contribution in [3.63, 3.8) is 0 Å². The molecular weight excluding hydrogens is 749 g/mol. The number of nitrogens with two attached hydrogens (primary N) is 3. The third-order valence-electron chi connectivity index (χ3n) is 7.85. The number of nitrogens with zero attached hydrogens (tertiary/aromatic N) is 8. The molecule has 0 aliphatic heterocycles. The van der Waals surface area contributed by atoms with Crippen LogP contribution in [-0.4, -0.2) is 97.4 Å². The normalized spacial score (nSPS) is 11.9. The maximum Gasteiger partial charge on any atom is 0.312 e. The van der Waals surface area contributed by atoms with Crippen LogP contribution < -0.4 is 42.6 Å². The molecule has 2 amide bonds. The van der Waals surface area contributed by atoms with E-state index in [1.54, 1.807) is 68.6 Å². The number of pyridine rings is 2. The zero-order chi connectivity index (χ0) is 42.2. The first-order chi connectivity index (χ1) is 27.7. The Balaban J connectivity index is 1.41. The second-order valence-corrected chi connectivity index (χ2v) is 13.2. The number of benzene rings is 2. The molecule has 0 radical (unpaired) electrons. The van der Waals surface area contributed by atoms with Crippen molar-refractivity contribution in [2.75, 3.05) is 69.9 Å². The summed E-state index contributed by atoms with van der Waals surface area (Å²) in [7, 11) is 7.19. The number of para-hydroxylation sites is 1. The zero-order valence-corrected chi connectivity index (χ0v) is 32.9. The van der Waals surface area contributed by atoms with Crippen molar-refractivity contribution in [1.82, 2.24) is 25.1 Å². The second kappa shape index (κ2) is 21.5. The number of ether oxygens (including phenoxy) is 2. The number of anilines is 4. The Morgan fingerprint density at radius 1 is 0.724 bits per heavy atom. The molecule has 2 aromatic carbocycles. The number of likely N-dealkylation sites (N-methyl/N-ethyl adjacent to an activating group) is 1. The van der Waals surface area contributed by atoms with Gasteiger partial charge in [-0.05, 0) is 89.2 Å². The summed E-state index contributed by atoms with van der Waals surface area (Å²) in [6.45, 7) is 2.86. The molecule has 0 saturated carbocycles. The van der Waals surface area contributed by atoms with E-state index in [2.05, 4.69) is 46.4 Å². The van der Waals surface area contributed by atoms with Crippen molar-refractivity contribution in [3.05, 3.63) is 72.3 Å². The summed E-state index contributed by atoms with van der Waals surface area (Å²) in [4.78, 5) is 61.4. The van der Waals surface area contributed by atoms with Gasteiger partial charge in [0.05, 0.1) is 25.4 Å². The Morgan fingerprint density at radius 3 is 1.86 bits per heavy atom. The maximum atomic E-state index is 13.0. The Morgan fingerprint density at radius 2 is 1.28 bits per heavy atom. The maximum absolute atomic E-state index is 13.0. The van der Waals surface area contributed by atoms with Gasteiger partial charge in [0, 0.05) is 19.6 Å². The predicted octanol–water partition coefficient (Wildman–Crippen LogP) is 4.20.